The van der Waals surface area contributed by atoms with Gasteiger partial charge in [0.15, 0.2) is 0 Å². The lowest BCUT2D eigenvalue weighted by Crippen LogP contribution is -2.46. The lowest BCUT2D eigenvalue weighted by atomic mass is 9.92. The number of nitrogens with zero attached hydrogens (tertiary/aromatic N) is 2. The van der Waals surface area contributed by atoms with Crippen LogP contribution in [-0.2, 0) is 4.74 Å². The van der Waals surface area contributed by atoms with Crippen molar-refractivity contribution in [1.29, 1.82) is 5.26 Å². The average Bonchev–Trinajstić information content (AvgIpc) is 2.64. The zero-order valence-corrected chi connectivity index (χ0v) is 10.9. The Labute approximate surface area is 105 Å². The van der Waals surface area contributed by atoms with Crippen LogP contribution in [-0.4, -0.2) is 37.2 Å². The van der Waals surface area contributed by atoms with Crippen LogP contribution in [0.5, 0.6) is 0 Å². The molecular weight excluding hydrogens is 212 g/mol. The molecule has 1 heterocycles. The molecule has 2 aliphatic rings. The third-order valence-electron chi connectivity index (χ3n) is 4.44. The predicted molar refractivity (Wildman–Crippen MR) is 67.6 cm³/mol. The van der Waals surface area contributed by atoms with Gasteiger partial charge in [-0.25, -0.2) is 0 Å². The fourth-order valence-corrected chi connectivity index (χ4v) is 3.29. The molecule has 0 spiro atoms. The predicted octanol–water partition coefficient (Wildman–Crippen LogP) is 2.57. The Morgan fingerprint density at radius 3 is 2.47 bits per heavy atom. The summed E-state index contributed by atoms with van der Waals surface area (Å²) in [7, 11) is 2.22. The zero-order valence-electron chi connectivity index (χ0n) is 10.9. The highest BCUT2D eigenvalue weighted by atomic mass is 16.5. The summed E-state index contributed by atoms with van der Waals surface area (Å²) in [6, 6.07) is 3.65. The second-order valence-electron chi connectivity index (χ2n) is 5.45. The third-order valence-corrected chi connectivity index (χ3v) is 4.44. The Hall–Kier alpha value is -0.590. The Morgan fingerprint density at radius 2 is 1.76 bits per heavy atom. The molecule has 1 aliphatic carbocycles. The summed E-state index contributed by atoms with van der Waals surface area (Å²) in [4.78, 5) is 2.49. The molecule has 3 nitrogen and oxygen atoms in total. The van der Waals surface area contributed by atoms with Crippen molar-refractivity contribution in [2.24, 2.45) is 5.92 Å². The first kappa shape index (κ1) is 12.9. The maximum atomic E-state index is 9.33. The molecule has 0 bridgehead atoms. The van der Waals surface area contributed by atoms with Crippen LogP contribution in [0.15, 0.2) is 0 Å². The molecule has 0 aromatic carbocycles. The van der Waals surface area contributed by atoms with Crippen LogP contribution in [0.25, 0.3) is 0 Å². The monoisotopic (exact) mass is 236 g/mol. The van der Waals surface area contributed by atoms with Crippen LogP contribution in [0, 0.1) is 17.2 Å². The van der Waals surface area contributed by atoms with E-state index in [1.807, 2.05) is 0 Å². The van der Waals surface area contributed by atoms with E-state index < -0.39 is 0 Å². The SMILES string of the molecule is CN(C1CCOCC1)C1CCCCCC1C#N. The highest BCUT2D eigenvalue weighted by Crippen LogP contribution is 2.29. The van der Waals surface area contributed by atoms with Gasteiger partial charge < -0.3 is 4.74 Å². The number of ether oxygens (including phenoxy) is 1. The topological polar surface area (TPSA) is 36.3 Å². The molecule has 0 aromatic rings. The first-order chi connectivity index (χ1) is 8.33. The van der Waals surface area contributed by atoms with E-state index in [2.05, 4.69) is 18.0 Å². The van der Waals surface area contributed by atoms with Crippen LogP contribution in [0.3, 0.4) is 0 Å². The molecule has 0 radical (unpaired) electrons. The van der Waals surface area contributed by atoms with Crippen LogP contribution >= 0.6 is 0 Å². The van der Waals surface area contributed by atoms with Crippen molar-refractivity contribution < 1.29 is 4.74 Å². The first-order valence-corrected chi connectivity index (χ1v) is 7.02. The summed E-state index contributed by atoms with van der Waals surface area (Å²) in [5, 5.41) is 9.33. The molecule has 2 atom stereocenters. The number of hydrogen-bond acceptors (Lipinski definition) is 3. The van der Waals surface area contributed by atoms with Crippen molar-refractivity contribution >= 4 is 0 Å². The van der Waals surface area contributed by atoms with Crippen LogP contribution in [0.1, 0.15) is 44.9 Å². The van der Waals surface area contributed by atoms with Gasteiger partial charge in [-0.2, -0.15) is 5.26 Å². The number of rotatable bonds is 2. The van der Waals surface area contributed by atoms with E-state index in [4.69, 9.17) is 4.74 Å². The Balaban J connectivity index is 1.99. The van der Waals surface area contributed by atoms with Gasteiger partial charge in [0.2, 0.25) is 0 Å². The second-order valence-corrected chi connectivity index (χ2v) is 5.45. The average molecular weight is 236 g/mol. The van der Waals surface area contributed by atoms with E-state index in [1.165, 1.54) is 25.7 Å². The van der Waals surface area contributed by atoms with E-state index in [0.29, 0.717) is 12.1 Å². The molecule has 1 saturated heterocycles. The van der Waals surface area contributed by atoms with Crippen LogP contribution < -0.4 is 0 Å². The lowest BCUT2D eigenvalue weighted by molar-refractivity contribution is 0.0205. The Bertz CT molecular complexity index is 268. The largest absolute Gasteiger partial charge is 0.381 e. The summed E-state index contributed by atoms with van der Waals surface area (Å²) in [5.74, 6) is 0.241. The minimum atomic E-state index is 0.241. The van der Waals surface area contributed by atoms with Crippen molar-refractivity contribution in [3.05, 3.63) is 0 Å². The molecular formula is C14H24N2O. The van der Waals surface area contributed by atoms with Crippen molar-refractivity contribution in [3.8, 4) is 6.07 Å². The molecule has 2 unspecified atom stereocenters. The van der Waals surface area contributed by atoms with Crippen LogP contribution in [0.2, 0.25) is 0 Å². The fraction of sp³-hybridized carbons (Fsp3) is 0.929. The normalized spacial score (nSPS) is 32.1. The lowest BCUT2D eigenvalue weighted by Gasteiger charge is -2.38. The summed E-state index contributed by atoms with van der Waals surface area (Å²) in [5.41, 5.74) is 0. The molecule has 3 heteroatoms. The molecule has 0 amide bonds. The summed E-state index contributed by atoms with van der Waals surface area (Å²) in [6.07, 6.45) is 8.38. The van der Waals surface area contributed by atoms with Gasteiger partial charge in [-0.3, -0.25) is 4.90 Å². The number of nitriles is 1. The summed E-state index contributed by atoms with van der Waals surface area (Å²) < 4.78 is 5.42. The van der Waals surface area contributed by atoms with E-state index >= 15 is 0 Å². The quantitative estimate of drug-likeness (QED) is 0.691. The molecule has 1 aliphatic heterocycles. The van der Waals surface area contributed by atoms with Crippen molar-refractivity contribution in [3.63, 3.8) is 0 Å². The second kappa shape index (κ2) is 6.37. The van der Waals surface area contributed by atoms with Crippen molar-refractivity contribution in [2.75, 3.05) is 20.3 Å². The van der Waals surface area contributed by atoms with Gasteiger partial charge in [0.25, 0.3) is 0 Å². The third kappa shape index (κ3) is 3.20. The molecule has 0 aromatic heterocycles. The zero-order chi connectivity index (χ0) is 12.1. The first-order valence-electron chi connectivity index (χ1n) is 7.02. The van der Waals surface area contributed by atoms with E-state index in [-0.39, 0.29) is 5.92 Å². The summed E-state index contributed by atoms with van der Waals surface area (Å²) in [6.45, 7) is 1.78. The minimum Gasteiger partial charge on any atom is -0.381 e. The number of hydrogen-bond donors (Lipinski definition) is 0. The van der Waals surface area contributed by atoms with Crippen molar-refractivity contribution in [2.45, 2.75) is 57.0 Å². The van der Waals surface area contributed by atoms with Gasteiger partial charge in [-0.15, -0.1) is 0 Å². The van der Waals surface area contributed by atoms with E-state index in [9.17, 15) is 5.26 Å². The maximum absolute atomic E-state index is 9.33. The van der Waals surface area contributed by atoms with Gasteiger partial charge in [0.05, 0.1) is 12.0 Å². The minimum absolute atomic E-state index is 0.241. The van der Waals surface area contributed by atoms with Gasteiger partial charge in [0.1, 0.15) is 0 Å². The molecule has 1 saturated carbocycles. The van der Waals surface area contributed by atoms with Gasteiger partial charge in [-0.1, -0.05) is 19.3 Å². The maximum Gasteiger partial charge on any atom is 0.0672 e. The molecule has 2 rings (SSSR count). The highest BCUT2D eigenvalue weighted by molar-refractivity contribution is 4.95. The Morgan fingerprint density at radius 1 is 1.06 bits per heavy atom. The van der Waals surface area contributed by atoms with Gasteiger partial charge >= 0.3 is 0 Å². The molecule has 2 fully saturated rings. The molecule has 96 valence electrons. The fourth-order valence-electron chi connectivity index (χ4n) is 3.29. The van der Waals surface area contributed by atoms with E-state index in [1.54, 1.807) is 0 Å². The summed E-state index contributed by atoms with van der Waals surface area (Å²) >= 11 is 0. The smallest absolute Gasteiger partial charge is 0.0672 e. The van der Waals surface area contributed by atoms with Gasteiger partial charge in [-0.05, 0) is 32.7 Å². The molecule has 0 N–H and O–H groups in total. The highest BCUT2D eigenvalue weighted by Gasteiger charge is 2.31. The van der Waals surface area contributed by atoms with Gasteiger partial charge in [0, 0.05) is 25.3 Å². The van der Waals surface area contributed by atoms with E-state index in [0.717, 1.165) is 32.5 Å². The van der Waals surface area contributed by atoms with Crippen LogP contribution in [0.4, 0.5) is 0 Å². The van der Waals surface area contributed by atoms with Crippen molar-refractivity contribution in [1.82, 2.24) is 4.90 Å². The Kier molecular flexibility index (Phi) is 4.82. The standard InChI is InChI=1S/C14H24N2O/c1-16(13-7-9-17-10-8-13)14-6-4-2-3-5-12(14)11-15/h12-14H,2-10H2,1H3. The molecule has 17 heavy (non-hydrogen) atoms.